The summed E-state index contributed by atoms with van der Waals surface area (Å²) in [6.07, 6.45) is 6.03. The van der Waals surface area contributed by atoms with Gasteiger partial charge in [-0.1, -0.05) is 29.8 Å². The molecule has 1 heterocycles. The summed E-state index contributed by atoms with van der Waals surface area (Å²) in [6.45, 7) is 3.03. The van der Waals surface area contributed by atoms with Crippen molar-refractivity contribution in [3.63, 3.8) is 0 Å². The van der Waals surface area contributed by atoms with E-state index in [0.717, 1.165) is 19.4 Å². The van der Waals surface area contributed by atoms with Crippen molar-refractivity contribution in [1.29, 1.82) is 0 Å². The lowest BCUT2D eigenvalue weighted by molar-refractivity contribution is 0.00747. The third kappa shape index (κ3) is 4.14. The maximum Gasteiger partial charge on any atom is 0.0590 e. The second-order valence-corrected chi connectivity index (χ2v) is 5.17. The second kappa shape index (κ2) is 6.18. The van der Waals surface area contributed by atoms with Crippen LogP contribution in [0.1, 0.15) is 36.8 Å². The van der Waals surface area contributed by atoms with Crippen molar-refractivity contribution in [3.8, 4) is 0 Å². The Hall–Kier alpha value is -0.860. The summed E-state index contributed by atoms with van der Waals surface area (Å²) < 4.78 is 5.73. The average molecular weight is 233 g/mol. The summed E-state index contributed by atoms with van der Waals surface area (Å²) in [7, 11) is 0. The number of ether oxygens (including phenoxy) is 1. The Morgan fingerprint density at radius 2 is 2.06 bits per heavy atom. The smallest absolute Gasteiger partial charge is 0.0590 e. The first-order valence-corrected chi connectivity index (χ1v) is 6.67. The molecule has 0 radical (unpaired) electrons. The van der Waals surface area contributed by atoms with Crippen molar-refractivity contribution in [2.45, 2.75) is 51.2 Å². The van der Waals surface area contributed by atoms with Crippen LogP contribution in [0.2, 0.25) is 0 Å². The van der Waals surface area contributed by atoms with Gasteiger partial charge in [-0.05, 0) is 44.6 Å². The van der Waals surface area contributed by atoms with Gasteiger partial charge >= 0.3 is 0 Å². The maximum atomic E-state index is 6.19. The first-order chi connectivity index (χ1) is 8.24. The summed E-state index contributed by atoms with van der Waals surface area (Å²) in [4.78, 5) is 0. The fourth-order valence-corrected chi connectivity index (χ4v) is 2.44. The molecule has 2 heteroatoms. The van der Waals surface area contributed by atoms with Gasteiger partial charge in [0.25, 0.3) is 0 Å². The standard InChI is InChI=1S/C15H23NO/c1-12-5-7-13(8-6-12)10-14(16)11-15-4-2-3-9-17-15/h5-8,14-15H,2-4,9-11,16H2,1H3. The zero-order valence-corrected chi connectivity index (χ0v) is 10.7. The lowest BCUT2D eigenvalue weighted by atomic mass is 9.97. The number of hydrogen-bond acceptors (Lipinski definition) is 2. The van der Waals surface area contributed by atoms with E-state index in [1.165, 1.54) is 30.4 Å². The molecule has 1 aliphatic rings. The molecule has 1 aromatic rings. The number of rotatable bonds is 4. The maximum absolute atomic E-state index is 6.19. The minimum absolute atomic E-state index is 0.223. The van der Waals surface area contributed by atoms with E-state index < -0.39 is 0 Å². The van der Waals surface area contributed by atoms with Gasteiger partial charge in [0.2, 0.25) is 0 Å². The molecule has 0 aliphatic carbocycles. The zero-order chi connectivity index (χ0) is 12.1. The van der Waals surface area contributed by atoms with Crippen molar-refractivity contribution in [2.75, 3.05) is 6.61 Å². The molecule has 94 valence electrons. The van der Waals surface area contributed by atoms with Gasteiger partial charge in [0, 0.05) is 12.6 Å². The van der Waals surface area contributed by atoms with Crippen molar-refractivity contribution in [2.24, 2.45) is 5.73 Å². The minimum atomic E-state index is 0.223. The van der Waals surface area contributed by atoms with E-state index in [9.17, 15) is 0 Å². The molecule has 2 unspecified atom stereocenters. The topological polar surface area (TPSA) is 35.2 Å². The Balaban J connectivity index is 1.79. The number of hydrogen-bond donors (Lipinski definition) is 1. The van der Waals surface area contributed by atoms with Crippen LogP contribution in [0, 0.1) is 6.92 Å². The summed E-state index contributed by atoms with van der Waals surface area (Å²) in [5.41, 5.74) is 8.83. The predicted molar refractivity (Wildman–Crippen MR) is 71.1 cm³/mol. The van der Waals surface area contributed by atoms with Gasteiger partial charge < -0.3 is 10.5 Å². The predicted octanol–water partition coefficient (Wildman–Crippen LogP) is 2.82. The molecule has 2 rings (SSSR count). The van der Waals surface area contributed by atoms with E-state index in [1.54, 1.807) is 0 Å². The van der Waals surface area contributed by atoms with Gasteiger partial charge in [0.15, 0.2) is 0 Å². The van der Waals surface area contributed by atoms with Crippen LogP contribution >= 0.6 is 0 Å². The zero-order valence-electron chi connectivity index (χ0n) is 10.7. The number of aryl methyl sites for hydroxylation is 1. The average Bonchev–Trinajstić information content (AvgIpc) is 2.33. The Labute approximate surface area is 104 Å². The van der Waals surface area contributed by atoms with Gasteiger partial charge in [0.1, 0.15) is 0 Å². The van der Waals surface area contributed by atoms with Crippen LogP contribution < -0.4 is 5.73 Å². The molecular formula is C15H23NO. The molecule has 0 saturated carbocycles. The quantitative estimate of drug-likeness (QED) is 0.868. The van der Waals surface area contributed by atoms with Crippen LogP contribution in [0.5, 0.6) is 0 Å². The first kappa shape index (κ1) is 12.6. The van der Waals surface area contributed by atoms with Crippen LogP contribution in [0.4, 0.5) is 0 Å². The minimum Gasteiger partial charge on any atom is -0.378 e. The highest BCUT2D eigenvalue weighted by molar-refractivity contribution is 5.22. The molecule has 17 heavy (non-hydrogen) atoms. The van der Waals surface area contributed by atoms with Crippen molar-refractivity contribution >= 4 is 0 Å². The van der Waals surface area contributed by atoms with Crippen molar-refractivity contribution in [1.82, 2.24) is 0 Å². The molecule has 1 aromatic carbocycles. The molecule has 1 fully saturated rings. The Bertz CT molecular complexity index is 327. The Morgan fingerprint density at radius 3 is 2.71 bits per heavy atom. The fraction of sp³-hybridized carbons (Fsp3) is 0.600. The van der Waals surface area contributed by atoms with Crippen molar-refractivity contribution in [3.05, 3.63) is 35.4 Å². The van der Waals surface area contributed by atoms with Crippen LogP contribution in [-0.4, -0.2) is 18.8 Å². The molecule has 0 spiro atoms. The lowest BCUT2D eigenvalue weighted by Gasteiger charge is -2.25. The molecule has 1 aliphatic heterocycles. The van der Waals surface area contributed by atoms with Crippen LogP contribution in [0.3, 0.4) is 0 Å². The molecule has 2 atom stereocenters. The molecular weight excluding hydrogens is 210 g/mol. The summed E-state index contributed by atoms with van der Waals surface area (Å²) in [5.74, 6) is 0. The fourth-order valence-electron chi connectivity index (χ4n) is 2.44. The van der Waals surface area contributed by atoms with E-state index in [0.29, 0.717) is 6.10 Å². The van der Waals surface area contributed by atoms with Gasteiger partial charge in [-0.15, -0.1) is 0 Å². The molecule has 0 bridgehead atoms. The molecule has 1 saturated heterocycles. The lowest BCUT2D eigenvalue weighted by Crippen LogP contribution is -2.31. The van der Waals surface area contributed by atoms with E-state index in [-0.39, 0.29) is 6.04 Å². The highest BCUT2D eigenvalue weighted by Gasteiger charge is 2.17. The molecule has 0 aromatic heterocycles. The monoisotopic (exact) mass is 233 g/mol. The molecule has 0 amide bonds. The first-order valence-electron chi connectivity index (χ1n) is 6.67. The van der Waals surface area contributed by atoms with Crippen LogP contribution in [-0.2, 0) is 11.2 Å². The van der Waals surface area contributed by atoms with E-state index in [4.69, 9.17) is 10.5 Å². The Kier molecular flexibility index (Phi) is 4.57. The molecule has 2 N–H and O–H groups in total. The van der Waals surface area contributed by atoms with Gasteiger partial charge in [-0.25, -0.2) is 0 Å². The van der Waals surface area contributed by atoms with Gasteiger partial charge in [0.05, 0.1) is 6.10 Å². The third-order valence-electron chi connectivity index (χ3n) is 3.46. The van der Waals surface area contributed by atoms with E-state index in [1.807, 2.05) is 0 Å². The molecule has 2 nitrogen and oxygen atoms in total. The van der Waals surface area contributed by atoms with Gasteiger partial charge in [-0.3, -0.25) is 0 Å². The Morgan fingerprint density at radius 1 is 1.29 bits per heavy atom. The van der Waals surface area contributed by atoms with Crippen molar-refractivity contribution < 1.29 is 4.74 Å². The van der Waals surface area contributed by atoms with Crippen LogP contribution in [0.25, 0.3) is 0 Å². The summed E-state index contributed by atoms with van der Waals surface area (Å²) >= 11 is 0. The number of nitrogens with two attached hydrogens (primary N) is 1. The highest BCUT2D eigenvalue weighted by atomic mass is 16.5. The third-order valence-corrected chi connectivity index (χ3v) is 3.46. The second-order valence-electron chi connectivity index (χ2n) is 5.17. The largest absolute Gasteiger partial charge is 0.378 e. The normalized spacial score (nSPS) is 22.4. The highest BCUT2D eigenvalue weighted by Crippen LogP contribution is 2.18. The van der Waals surface area contributed by atoms with Crippen LogP contribution in [0.15, 0.2) is 24.3 Å². The SMILES string of the molecule is Cc1ccc(CC(N)CC2CCCCO2)cc1. The number of benzene rings is 1. The summed E-state index contributed by atoms with van der Waals surface area (Å²) in [6, 6.07) is 8.88. The van der Waals surface area contributed by atoms with E-state index in [2.05, 4.69) is 31.2 Å². The summed E-state index contributed by atoms with van der Waals surface area (Å²) in [5, 5.41) is 0. The van der Waals surface area contributed by atoms with E-state index >= 15 is 0 Å². The van der Waals surface area contributed by atoms with Gasteiger partial charge in [-0.2, -0.15) is 0 Å².